The molecule has 0 spiro atoms. The molecule has 0 saturated heterocycles. The van der Waals surface area contributed by atoms with Crippen LogP contribution in [0.5, 0.6) is 5.75 Å². The van der Waals surface area contributed by atoms with Crippen LogP contribution in [0.3, 0.4) is 0 Å². The Bertz CT molecular complexity index is 636. The van der Waals surface area contributed by atoms with Gasteiger partial charge in [0.2, 0.25) is 0 Å². The Hall–Kier alpha value is 0.0348. The molecule has 0 amide bonds. The zero-order chi connectivity index (χ0) is 12.7. The minimum Gasteiger partial charge on any atom is -0.744 e. The smallest absolute Gasteiger partial charge is 0.744 e. The summed E-state index contributed by atoms with van der Waals surface area (Å²) >= 11 is 0. The van der Waals surface area contributed by atoms with E-state index < -0.39 is 41.3 Å². The summed E-state index contributed by atoms with van der Waals surface area (Å²) in [6.07, 6.45) is 0. The molecular formula is C7H6Li2O7S2. The molecule has 0 heterocycles. The molecule has 0 fully saturated rings. The van der Waals surface area contributed by atoms with Crippen molar-refractivity contribution in [1.82, 2.24) is 0 Å². The number of aromatic hydroxyl groups is 1. The summed E-state index contributed by atoms with van der Waals surface area (Å²) in [5.41, 5.74) is -0.579. The Kier molecular flexibility index (Phi) is 7.31. The molecule has 0 aromatic heterocycles. The van der Waals surface area contributed by atoms with Crippen molar-refractivity contribution in [3.05, 3.63) is 17.7 Å². The van der Waals surface area contributed by atoms with E-state index in [1.54, 1.807) is 0 Å². The Balaban J connectivity index is 0. The van der Waals surface area contributed by atoms with Crippen molar-refractivity contribution in [2.24, 2.45) is 0 Å². The predicted octanol–water partition coefficient (Wildman–Crippen LogP) is -6.48. The fraction of sp³-hybridized carbons (Fsp3) is 0.143. The molecule has 0 aliphatic carbocycles. The summed E-state index contributed by atoms with van der Waals surface area (Å²) in [5.74, 6) is -0.889. The number of phenols is 1. The minimum atomic E-state index is -5.05. The predicted molar refractivity (Wildman–Crippen MR) is 48.8 cm³/mol. The molecule has 0 aliphatic rings. The van der Waals surface area contributed by atoms with E-state index in [4.69, 9.17) is 5.11 Å². The van der Waals surface area contributed by atoms with Gasteiger partial charge in [-0.2, -0.15) is 0 Å². The molecule has 1 aromatic carbocycles. The van der Waals surface area contributed by atoms with Crippen molar-refractivity contribution < 1.29 is 68.8 Å². The van der Waals surface area contributed by atoms with Crippen molar-refractivity contribution >= 4 is 20.2 Å². The molecule has 1 aromatic rings. The van der Waals surface area contributed by atoms with E-state index >= 15 is 0 Å². The Morgan fingerprint density at radius 3 is 1.78 bits per heavy atom. The third kappa shape index (κ3) is 4.30. The summed E-state index contributed by atoms with van der Waals surface area (Å²) in [5, 5.41) is 9.14. The Morgan fingerprint density at radius 1 is 1.00 bits per heavy atom. The Morgan fingerprint density at radius 2 is 1.44 bits per heavy atom. The van der Waals surface area contributed by atoms with Crippen LogP contribution in [-0.4, -0.2) is 31.0 Å². The van der Waals surface area contributed by atoms with Crippen molar-refractivity contribution in [2.45, 2.75) is 16.7 Å². The maximum Gasteiger partial charge on any atom is 1.00 e. The molecule has 0 radical (unpaired) electrons. The summed E-state index contributed by atoms with van der Waals surface area (Å²) in [7, 11) is -9.95. The van der Waals surface area contributed by atoms with Gasteiger partial charge >= 0.3 is 37.7 Å². The monoisotopic (exact) mass is 280 g/mol. The van der Waals surface area contributed by atoms with Crippen LogP contribution in [0.15, 0.2) is 21.9 Å². The van der Waals surface area contributed by atoms with Crippen LogP contribution in [0.2, 0.25) is 0 Å². The molecule has 0 bridgehead atoms. The number of rotatable bonds is 2. The van der Waals surface area contributed by atoms with E-state index in [0.717, 1.165) is 13.0 Å². The average Bonchev–Trinajstić information content (AvgIpc) is 1.97. The topological polar surface area (TPSA) is 135 Å². The van der Waals surface area contributed by atoms with Gasteiger partial charge < -0.3 is 14.2 Å². The first kappa shape index (κ1) is 20.4. The average molecular weight is 280 g/mol. The van der Waals surface area contributed by atoms with E-state index in [9.17, 15) is 25.9 Å². The van der Waals surface area contributed by atoms with Crippen LogP contribution in [0.1, 0.15) is 5.56 Å². The normalized spacial score (nSPS) is 11.3. The molecule has 18 heavy (non-hydrogen) atoms. The molecule has 0 aliphatic heterocycles. The van der Waals surface area contributed by atoms with Gasteiger partial charge in [-0.25, -0.2) is 16.8 Å². The molecule has 0 atom stereocenters. The maximum atomic E-state index is 10.7. The zero-order valence-corrected chi connectivity index (χ0v) is 11.5. The molecule has 0 unspecified atom stereocenters. The number of hydrogen-bond donors (Lipinski definition) is 1. The second kappa shape index (κ2) is 6.46. The van der Waals surface area contributed by atoms with Gasteiger partial charge in [-0.15, -0.1) is 0 Å². The standard InChI is InChI=1S/C7H8O7S2.2Li/c1-4-6(15(9,10)11)3-2-5(8)7(4)16(12,13)14;;/h2-3,8H,1H3,(H,9,10,11)(H,12,13,14);;/q;2*+1/p-2. The fourth-order valence-corrected chi connectivity index (χ4v) is 2.83. The molecule has 11 heteroatoms. The van der Waals surface area contributed by atoms with Gasteiger partial charge in [0, 0.05) is 0 Å². The van der Waals surface area contributed by atoms with Crippen LogP contribution < -0.4 is 37.7 Å². The third-order valence-electron chi connectivity index (χ3n) is 1.85. The van der Waals surface area contributed by atoms with E-state index in [-0.39, 0.29) is 37.7 Å². The summed E-state index contributed by atoms with van der Waals surface area (Å²) in [4.78, 5) is -1.94. The zero-order valence-electron chi connectivity index (χ0n) is 9.87. The molecule has 90 valence electrons. The van der Waals surface area contributed by atoms with Crippen LogP contribution in [0.25, 0.3) is 0 Å². The summed E-state index contributed by atoms with van der Waals surface area (Å²) < 4.78 is 64.4. The van der Waals surface area contributed by atoms with Gasteiger partial charge in [0.05, 0.1) is 4.90 Å². The van der Waals surface area contributed by atoms with Gasteiger partial charge in [-0.3, -0.25) is 0 Å². The van der Waals surface area contributed by atoms with Gasteiger partial charge in [0.1, 0.15) is 30.9 Å². The summed E-state index contributed by atoms with van der Waals surface area (Å²) in [6.45, 7) is 0.954. The maximum absolute atomic E-state index is 10.7. The van der Waals surface area contributed by atoms with Crippen LogP contribution in [0.4, 0.5) is 0 Å². The molecular weight excluding hydrogens is 274 g/mol. The SMILES string of the molecule is Cc1c(S(=O)(=O)[O-])ccc(O)c1S(=O)(=O)[O-].[Li+].[Li+]. The number of benzene rings is 1. The van der Waals surface area contributed by atoms with Gasteiger partial charge in [-0.1, -0.05) is 0 Å². The van der Waals surface area contributed by atoms with Crippen LogP contribution in [0, 0.1) is 6.92 Å². The van der Waals surface area contributed by atoms with E-state index in [1.807, 2.05) is 0 Å². The van der Waals surface area contributed by atoms with E-state index in [2.05, 4.69) is 0 Å². The van der Waals surface area contributed by atoms with Crippen molar-refractivity contribution in [3.63, 3.8) is 0 Å². The molecule has 1 rings (SSSR count). The van der Waals surface area contributed by atoms with E-state index in [0.29, 0.717) is 6.07 Å². The van der Waals surface area contributed by atoms with Crippen molar-refractivity contribution in [3.8, 4) is 5.75 Å². The quantitative estimate of drug-likeness (QED) is 0.420. The fourth-order valence-electron chi connectivity index (χ4n) is 1.25. The van der Waals surface area contributed by atoms with Crippen LogP contribution >= 0.6 is 0 Å². The Labute approximate surface area is 128 Å². The molecule has 0 saturated carbocycles. The van der Waals surface area contributed by atoms with Gasteiger partial charge in [0.15, 0.2) is 0 Å². The van der Waals surface area contributed by atoms with Crippen LogP contribution in [-0.2, 0) is 20.2 Å². The first-order valence-electron chi connectivity index (χ1n) is 3.79. The minimum absolute atomic E-state index is 0. The third-order valence-corrected chi connectivity index (χ3v) is 3.85. The first-order chi connectivity index (χ1) is 7.05. The molecule has 1 N–H and O–H groups in total. The largest absolute Gasteiger partial charge is 1.00 e. The number of phenolic OH excluding ortho intramolecular Hbond substituents is 1. The summed E-state index contributed by atoms with van der Waals surface area (Å²) in [6, 6.07) is 1.41. The second-order valence-corrected chi connectivity index (χ2v) is 5.61. The van der Waals surface area contributed by atoms with Gasteiger partial charge in [0.25, 0.3) is 0 Å². The van der Waals surface area contributed by atoms with Gasteiger partial charge in [-0.05, 0) is 24.6 Å². The van der Waals surface area contributed by atoms with Crippen molar-refractivity contribution in [1.29, 1.82) is 0 Å². The second-order valence-electron chi connectivity index (χ2n) is 2.95. The van der Waals surface area contributed by atoms with Crippen molar-refractivity contribution in [2.75, 3.05) is 0 Å². The number of hydrogen-bond acceptors (Lipinski definition) is 7. The first-order valence-corrected chi connectivity index (χ1v) is 6.61. The molecule has 7 nitrogen and oxygen atoms in total. The van der Waals surface area contributed by atoms with E-state index in [1.165, 1.54) is 0 Å².